The highest BCUT2D eigenvalue weighted by Crippen LogP contribution is 2.35. The number of rotatable bonds is 2. The molecule has 0 saturated carbocycles. The smallest absolute Gasteiger partial charge is 0.142 e. The molecule has 3 aromatic rings. The second-order valence-electron chi connectivity index (χ2n) is 4.79. The molecular weight excluding hydrogens is 334 g/mol. The van der Waals surface area contributed by atoms with Crippen LogP contribution in [0.4, 0.5) is 11.5 Å². The molecule has 0 amide bonds. The highest BCUT2D eigenvalue weighted by atomic mass is 79.9. The fraction of sp³-hybridized carbons (Fsp3) is 0.200. The summed E-state index contributed by atoms with van der Waals surface area (Å²) in [6.45, 7) is 6.31. The molecule has 102 valence electrons. The van der Waals surface area contributed by atoms with E-state index >= 15 is 0 Å². The molecule has 3 rings (SSSR count). The summed E-state index contributed by atoms with van der Waals surface area (Å²) >= 11 is 5.30. The summed E-state index contributed by atoms with van der Waals surface area (Å²) < 4.78 is 1.04. The quantitative estimate of drug-likeness (QED) is 0.698. The average molecular weight is 348 g/mol. The van der Waals surface area contributed by atoms with Crippen LogP contribution in [0.2, 0.25) is 0 Å². The van der Waals surface area contributed by atoms with Crippen LogP contribution < -0.4 is 5.32 Å². The Morgan fingerprint density at radius 2 is 1.95 bits per heavy atom. The number of halogens is 1. The lowest BCUT2D eigenvalue weighted by molar-refractivity contribution is 1.22. The molecular formula is C15H14BrN3S. The van der Waals surface area contributed by atoms with Gasteiger partial charge < -0.3 is 5.32 Å². The van der Waals surface area contributed by atoms with E-state index in [9.17, 15) is 0 Å². The molecule has 0 saturated heterocycles. The molecule has 2 heterocycles. The molecule has 0 aliphatic heterocycles. The number of hydrogen-bond acceptors (Lipinski definition) is 4. The molecule has 0 unspecified atom stereocenters. The number of nitrogens with zero attached hydrogens (tertiary/aromatic N) is 2. The second kappa shape index (κ2) is 5.14. The monoisotopic (exact) mass is 347 g/mol. The van der Waals surface area contributed by atoms with Crippen molar-refractivity contribution < 1.29 is 0 Å². The van der Waals surface area contributed by atoms with Crippen molar-refractivity contribution in [3.8, 4) is 0 Å². The number of nitrogens with one attached hydrogen (secondary N) is 1. The van der Waals surface area contributed by atoms with Gasteiger partial charge in [-0.3, -0.25) is 0 Å². The van der Waals surface area contributed by atoms with E-state index in [1.807, 2.05) is 0 Å². The van der Waals surface area contributed by atoms with Gasteiger partial charge in [0.1, 0.15) is 17.0 Å². The van der Waals surface area contributed by atoms with Crippen LogP contribution in [0.25, 0.3) is 10.2 Å². The molecule has 0 atom stereocenters. The van der Waals surface area contributed by atoms with Gasteiger partial charge in [-0.2, -0.15) is 0 Å². The van der Waals surface area contributed by atoms with E-state index in [4.69, 9.17) is 0 Å². The van der Waals surface area contributed by atoms with Crippen molar-refractivity contribution in [2.45, 2.75) is 20.8 Å². The van der Waals surface area contributed by atoms with Gasteiger partial charge in [0.2, 0.25) is 0 Å². The molecule has 1 N–H and O–H groups in total. The fourth-order valence-corrected chi connectivity index (χ4v) is 3.72. The Morgan fingerprint density at radius 3 is 2.70 bits per heavy atom. The van der Waals surface area contributed by atoms with Crippen LogP contribution in [-0.2, 0) is 0 Å². The minimum Gasteiger partial charge on any atom is -0.339 e. The molecule has 0 aliphatic carbocycles. The van der Waals surface area contributed by atoms with E-state index in [1.54, 1.807) is 17.7 Å². The van der Waals surface area contributed by atoms with Crippen LogP contribution in [-0.4, -0.2) is 9.97 Å². The molecule has 2 aromatic heterocycles. The zero-order valence-electron chi connectivity index (χ0n) is 11.5. The molecule has 0 bridgehead atoms. The van der Waals surface area contributed by atoms with E-state index in [2.05, 4.69) is 70.2 Å². The van der Waals surface area contributed by atoms with Crippen LogP contribution in [0.1, 0.15) is 16.0 Å². The average Bonchev–Trinajstić information content (AvgIpc) is 2.69. The predicted octanol–water partition coefficient (Wildman–Crippen LogP) is 5.12. The van der Waals surface area contributed by atoms with Crippen molar-refractivity contribution in [3.05, 3.63) is 45.0 Å². The number of aromatic nitrogens is 2. The summed E-state index contributed by atoms with van der Waals surface area (Å²) in [6, 6.07) is 6.23. The zero-order chi connectivity index (χ0) is 14.3. The Balaban J connectivity index is 2.11. The third kappa shape index (κ3) is 2.31. The zero-order valence-corrected chi connectivity index (χ0v) is 13.9. The summed E-state index contributed by atoms with van der Waals surface area (Å²) in [4.78, 5) is 11.1. The van der Waals surface area contributed by atoms with Crippen LogP contribution >= 0.6 is 27.3 Å². The van der Waals surface area contributed by atoms with Crippen molar-refractivity contribution in [1.29, 1.82) is 0 Å². The maximum absolute atomic E-state index is 4.40. The Labute approximate surface area is 130 Å². The van der Waals surface area contributed by atoms with Crippen molar-refractivity contribution in [2.75, 3.05) is 5.32 Å². The lowest BCUT2D eigenvalue weighted by Crippen LogP contribution is -1.96. The molecule has 20 heavy (non-hydrogen) atoms. The van der Waals surface area contributed by atoms with Gasteiger partial charge in [-0.25, -0.2) is 9.97 Å². The largest absolute Gasteiger partial charge is 0.339 e. The molecule has 0 fully saturated rings. The van der Waals surface area contributed by atoms with E-state index < -0.39 is 0 Å². The standard InChI is InChI=1S/C15H14BrN3S/c1-8-4-5-12(11(16)6-8)19-14-13-9(2)10(3)20-15(13)18-7-17-14/h4-7H,1-3H3,(H,17,18,19). The molecule has 5 heteroatoms. The van der Waals surface area contributed by atoms with Gasteiger partial charge in [0.25, 0.3) is 0 Å². The first-order valence-corrected chi connectivity index (χ1v) is 7.91. The maximum atomic E-state index is 4.40. The first-order chi connectivity index (χ1) is 9.56. The normalized spacial score (nSPS) is 11.0. The van der Waals surface area contributed by atoms with Gasteiger partial charge in [0.05, 0.1) is 11.1 Å². The van der Waals surface area contributed by atoms with Gasteiger partial charge in [-0.1, -0.05) is 6.07 Å². The third-order valence-electron chi connectivity index (χ3n) is 3.34. The van der Waals surface area contributed by atoms with E-state index in [0.717, 1.165) is 26.2 Å². The lowest BCUT2D eigenvalue weighted by Gasteiger charge is -2.09. The first kappa shape index (κ1) is 13.5. The highest BCUT2D eigenvalue weighted by molar-refractivity contribution is 9.10. The van der Waals surface area contributed by atoms with Gasteiger partial charge >= 0.3 is 0 Å². The topological polar surface area (TPSA) is 37.8 Å². The number of hydrogen-bond donors (Lipinski definition) is 1. The molecule has 3 nitrogen and oxygen atoms in total. The number of aryl methyl sites for hydroxylation is 3. The van der Waals surface area contributed by atoms with E-state index in [-0.39, 0.29) is 0 Å². The molecule has 1 aromatic carbocycles. The SMILES string of the molecule is Cc1ccc(Nc2ncnc3sc(C)c(C)c23)c(Br)c1. The van der Waals surface area contributed by atoms with Crippen molar-refractivity contribution in [3.63, 3.8) is 0 Å². The predicted molar refractivity (Wildman–Crippen MR) is 89.1 cm³/mol. The Hall–Kier alpha value is -1.46. The Kier molecular flexibility index (Phi) is 3.48. The number of anilines is 2. The van der Waals surface area contributed by atoms with Crippen LogP contribution in [0.3, 0.4) is 0 Å². The highest BCUT2D eigenvalue weighted by Gasteiger charge is 2.12. The Bertz CT molecular complexity index is 795. The number of fused-ring (bicyclic) bond motifs is 1. The summed E-state index contributed by atoms with van der Waals surface area (Å²) in [5.74, 6) is 0.862. The third-order valence-corrected chi connectivity index (χ3v) is 5.11. The minimum atomic E-state index is 0.862. The molecule has 0 radical (unpaired) electrons. The van der Waals surface area contributed by atoms with Crippen LogP contribution in [0, 0.1) is 20.8 Å². The number of benzene rings is 1. The van der Waals surface area contributed by atoms with Crippen molar-refractivity contribution in [2.24, 2.45) is 0 Å². The van der Waals surface area contributed by atoms with E-state index in [0.29, 0.717) is 0 Å². The minimum absolute atomic E-state index is 0.862. The Morgan fingerprint density at radius 1 is 1.15 bits per heavy atom. The summed E-state index contributed by atoms with van der Waals surface area (Å²) in [5, 5.41) is 4.52. The first-order valence-electron chi connectivity index (χ1n) is 6.30. The number of thiophene rings is 1. The summed E-state index contributed by atoms with van der Waals surface area (Å²) in [5.41, 5.74) is 3.48. The second-order valence-corrected chi connectivity index (χ2v) is 6.85. The lowest BCUT2D eigenvalue weighted by atomic mass is 10.2. The molecule has 0 spiro atoms. The van der Waals surface area contributed by atoms with Crippen LogP contribution in [0.5, 0.6) is 0 Å². The summed E-state index contributed by atoms with van der Waals surface area (Å²) in [7, 11) is 0. The van der Waals surface area contributed by atoms with Gasteiger partial charge in [0.15, 0.2) is 0 Å². The van der Waals surface area contributed by atoms with Crippen molar-refractivity contribution in [1.82, 2.24) is 9.97 Å². The summed E-state index contributed by atoms with van der Waals surface area (Å²) in [6.07, 6.45) is 1.61. The van der Waals surface area contributed by atoms with Gasteiger partial charge in [0, 0.05) is 9.35 Å². The van der Waals surface area contributed by atoms with Crippen LogP contribution in [0.15, 0.2) is 29.0 Å². The maximum Gasteiger partial charge on any atom is 0.142 e. The van der Waals surface area contributed by atoms with E-state index in [1.165, 1.54) is 16.0 Å². The van der Waals surface area contributed by atoms with Gasteiger partial charge in [-0.05, 0) is 60.0 Å². The van der Waals surface area contributed by atoms with Crippen molar-refractivity contribution >= 4 is 49.0 Å². The molecule has 0 aliphatic rings. The fourth-order valence-electron chi connectivity index (χ4n) is 2.13. The van der Waals surface area contributed by atoms with Gasteiger partial charge in [-0.15, -0.1) is 11.3 Å².